The van der Waals surface area contributed by atoms with E-state index in [-0.39, 0.29) is 12.5 Å². The van der Waals surface area contributed by atoms with Crippen molar-refractivity contribution in [3.8, 4) is 0 Å². The van der Waals surface area contributed by atoms with Crippen molar-refractivity contribution in [1.82, 2.24) is 8.75 Å². The number of hydrogen-bond donors (Lipinski definition) is 2. The van der Waals surface area contributed by atoms with Crippen LogP contribution in [0.4, 0.5) is 5.69 Å². The maximum Gasteiger partial charge on any atom is 0.232 e. The Balaban J connectivity index is 1.92. The molecule has 0 unspecified atom stereocenters. The molecule has 0 radical (unpaired) electrons. The lowest BCUT2D eigenvalue weighted by Crippen LogP contribution is -2.46. The van der Waals surface area contributed by atoms with Gasteiger partial charge in [0.15, 0.2) is 0 Å². The third kappa shape index (κ3) is 2.62. The van der Waals surface area contributed by atoms with Crippen LogP contribution in [0.1, 0.15) is 12.8 Å². The fraction of sp³-hybridized carbons (Fsp3) is 0.462. The van der Waals surface area contributed by atoms with Gasteiger partial charge in [0.05, 0.1) is 27.9 Å². The molecule has 3 N–H and O–H groups in total. The highest BCUT2D eigenvalue weighted by Crippen LogP contribution is 2.34. The molecule has 2 aromatic rings. The predicted octanol–water partition coefficient (Wildman–Crippen LogP) is 2.04. The molecule has 1 fully saturated rings. The van der Waals surface area contributed by atoms with Crippen LogP contribution >= 0.6 is 23.3 Å². The van der Waals surface area contributed by atoms with E-state index >= 15 is 0 Å². The monoisotopic (exact) mass is 326 g/mol. The summed E-state index contributed by atoms with van der Waals surface area (Å²) in [7, 11) is 0. The molecule has 1 amide bonds. The van der Waals surface area contributed by atoms with E-state index in [0.29, 0.717) is 47.8 Å². The molecule has 1 aliphatic rings. The molecule has 2 heterocycles. The van der Waals surface area contributed by atoms with Crippen molar-refractivity contribution in [1.29, 1.82) is 0 Å². The van der Waals surface area contributed by atoms with Gasteiger partial charge >= 0.3 is 0 Å². The first-order chi connectivity index (χ1) is 10.2. The second-order valence-corrected chi connectivity index (χ2v) is 6.04. The Kier molecular flexibility index (Phi) is 4.08. The third-order valence-corrected chi connectivity index (χ3v) is 4.80. The van der Waals surface area contributed by atoms with Crippen LogP contribution in [0.3, 0.4) is 0 Å². The van der Waals surface area contributed by atoms with Gasteiger partial charge in [-0.05, 0) is 25.0 Å². The summed E-state index contributed by atoms with van der Waals surface area (Å²) in [5.74, 6) is -0.129. The zero-order valence-electron chi connectivity index (χ0n) is 11.3. The molecule has 0 aliphatic carbocycles. The number of aromatic nitrogens is 2. The van der Waals surface area contributed by atoms with E-state index in [4.69, 9.17) is 22.1 Å². The first-order valence-corrected chi connectivity index (χ1v) is 7.77. The molecule has 6 nitrogen and oxygen atoms in total. The van der Waals surface area contributed by atoms with Crippen LogP contribution in [0.25, 0.3) is 11.0 Å². The number of anilines is 1. The molecule has 0 bridgehead atoms. The van der Waals surface area contributed by atoms with E-state index < -0.39 is 5.41 Å². The number of carbonyl (C=O) groups is 1. The molecule has 3 rings (SSSR count). The summed E-state index contributed by atoms with van der Waals surface area (Å²) in [6.07, 6.45) is 1.22. The summed E-state index contributed by atoms with van der Waals surface area (Å²) < 4.78 is 13.7. The van der Waals surface area contributed by atoms with Crippen LogP contribution in [0.2, 0.25) is 5.02 Å². The van der Waals surface area contributed by atoms with Gasteiger partial charge in [0, 0.05) is 19.8 Å². The summed E-state index contributed by atoms with van der Waals surface area (Å²) in [5, 5.41) is 3.35. The standard InChI is InChI=1S/C13H15ClN4O2S/c14-8-1-2-9-11(18-21-17-9)10(8)16-12(19)13(7-15)3-5-20-6-4-13/h1-2H,3-7,15H2,(H,16,19). The average Bonchev–Trinajstić information content (AvgIpc) is 2.99. The lowest BCUT2D eigenvalue weighted by molar-refractivity contribution is -0.130. The van der Waals surface area contributed by atoms with E-state index in [9.17, 15) is 4.79 Å². The molecule has 8 heteroatoms. The van der Waals surface area contributed by atoms with Gasteiger partial charge in [0.1, 0.15) is 11.0 Å². The molecule has 1 aromatic heterocycles. The first-order valence-electron chi connectivity index (χ1n) is 6.66. The van der Waals surface area contributed by atoms with Gasteiger partial charge in [-0.2, -0.15) is 8.75 Å². The summed E-state index contributed by atoms with van der Waals surface area (Å²) in [6.45, 7) is 1.37. The van der Waals surface area contributed by atoms with E-state index in [2.05, 4.69) is 14.1 Å². The number of halogens is 1. The van der Waals surface area contributed by atoms with Crippen LogP contribution in [0.15, 0.2) is 12.1 Å². The molecule has 0 saturated carbocycles. The molecule has 112 valence electrons. The van der Waals surface area contributed by atoms with Gasteiger partial charge in [-0.15, -0.1) is 0 Å². The van der Waals surface area contributed by atoms with Crippen molar-refractivity contribution in [3.05, 3.63) is 17.2 Å². The minimum atomic E-state index is -0.604. The number of nitrogens with two attached hydrogens (primary N) is 1. The predicted molar refractivity (Wildman–Crippen MR) is 82.6 cm³/mol. The number of nitrogens with one attached hydrogen (secondary N) is 1. The fourth-order valence-electron chi connectivity index (χ4n) is 2.48. The van der Waals surface area contributed by atoms with E-state index in [1.807, 2.05) is 0 Å². The smallest absolute Gasteiger partial charge is 0.232 e. The average molecular weight is 327 g/mol. The second-order valence-electron chi connectivity index (χ2n) is 5.11. The quantitative estimate of drug-likeness (QED) is 0.900. The van der Waals surface area contributed by atoms with Crippen molar-refractivity contribution in [2.75, 3.05) is 25.1 Å². The van der Waals surface area contributed by atoms with Crippen molar-refractivity contribution in [2.45, 2.75) is 12.8 Å². The number of amides is 1. The van der Waals surface area contributed by atoms with Crippen molar-refractivity contribution in [3.63, 3.8) is 0 Å². The van der Waals surface area contributed by atoms with Gasteiger partial charge in [0.25, 0.3) is 0 Å². The minimum Gasteiger partial charge on any atom is -0.381 e. The zero-order chi connectivity index (χ0) is 14.9. The third-order valence-electron chi connectivity index (χ3n) is 3.94. The fourth-order valence-corrected chi connectivity index (χ4v) is 3.22. The van der Waals surface area contributed by atoms with Crippen molar-refractivity contribution >= 4 is 46.0 Å². The van der Waals surface area contributed by atoms with Gasteiger partial charge in [-0.25, -0.2) is 0 Å². The Bertz CT molecular complexity index is 669. The number of carbonyl (C=O) groups excluding carboxylic acids is 1. The number of ether oxygens (including phenoxy) is 1. The molecular formula is C13H15ClN4O2S. The van der Waals surface area contributed by atoms with E-state index in [0.717, 1.165) is 11.7 Å². The normalized spacial score (nSPS) is 17.8. The number of fused-ring (bicyclic) bond motifs is 1. The zero-order valence-corrected chi connectivity index (χ0v) is 12.8. The largest absolute Gasteiger partial charge is 0.381 e. The molecule has 1 saturated heterocycles. The Morgan fingerprint density at radius 3 is 2.90 bits per heavy atom. The topological polar surface area (TPSA) is 90.1 Å². The lowest BCUT2D eigenvalue weighted by Gasteiger charge is -2.34. The number of benzene rings is 1. The van der Waals surface area contributed by atoms with E-state index in [1.165, 1.54) is 0 Å². The number of nitrogens with zero attached hydrogens (tertiary/aromatic N) is 2. The maximum absolute atomic E-state index is 12.7. The van der Waals surface area contributed by atoms with Gasteiger partial charge in [-0.1, -0.05) is 11.6 Å². The van der Waals surface area contributed by atoms with Gasteiger partial charge in [-0.3, -0.25) is 4.79 Å². The van der Waals surface area contributed by atoms with Crippen LogP contribution in [0, 0.1) is 5.41 Å². The van der Waals surface area contributed by atoms with Crippen molar-refractivity contribution in [2.24, 2.45) is 11.1 Å². The van der Waals surface area contributed by atoms with Crippen LogP contribution in [-0.2, 0) is 9.53 Å². The first kappa shape index (κ1) is 14.6. The summed E-state index contributed by atoms with van der Waals surface area (Å²) in [6, 6.07) is 3.49. The van der Waals surface area contributed by atoms with Gasteiger partial charge in [0.2, 0.25) is 5.91 Å². The Morgan fingerprint density at radius 1 is 1.43 bits per heavy atom. The minimum absolute atomic E-state index is 0.129. The highest BCUT2D eigenvalue weighted by Gasteiger charge is 2.39. The Hall–Kier alpha value is -1.28. The molecule has 0 atom stereocenters. The summed E-state index contributed by atoms with van der Waals surface area (Å²) in [4.78, 5) is 12.7. The highest BCUT2D eigenvalue weighted by atomic mass is 35.5. The molecule has 0 spiro atoms. The summed E-state index contributed by atoms with van der Waals surface area (Å²) in [5.41, 5.74) is 7.08. The molecule has 1 aromatic carbocycles. The highest BCUT2D eigenvalue weighted by molar-refractivity contribution is 7.00. The van der Waals surface area contributed by atoms with Crippen LogP contribution in [0.5, 0.6) is 0 Å². The maximum atomic E-state index is 12.7. The Morgan fingerprint density at radius 2 is 2.19 bits per heavy atom. The van der Waals surface area contributed by atoms with Crippen LogP contribution in [-0.4, -0.2) is 34.4 Å². The molecular weight excluding hydrogens is 312 g/mol. The Labute approximate surface area is 130 Å². The number of hydrogen-bond acceptors (Lipinski definition) is 6. The number of rotatable bonds is 3. The second kappa shape index (κ2) is 5.84. The van der Waals surface area contributed by atoms with Crippen molar-refractivity contribution < 1.29 is 9.53 Å². The van der Waals surface area contributed by atoms with Gasteiger partial charge < -0.3 is 15.8 Å². The van der Waals surface area contributed by atoms with Crippen LogP contribution < -0.4 is 11.1 Å². The molecule has 1 aliphatic heterocycles. The lowest BCUT2D eigenvalue weighted by atomic mass is 9.79. The summed E-state index contributed by atoms with van der Waals surface area (Å²) >= 11 is 7.29. The van der Waals surface area contributed by atoms with E-state index in [1.54, 1.807) is 12.1 Å². The SMILES string of the molecule is NCC1(C(=O)Nc2c(Cl)ccc3nsnc23)CCOCC1. The molecule has 21 heavy (non-hydrogen) atoms.